The van der Waals surface area contributed by atoms with E-state index >= 15 is 0 Å². The molecule has 1 aliphatic heterocycles. The molecule has 2 aliphatic rings. The summed E-state index contributed by atoms with van der Waals surface area (Å²) < 4.78 is 0. The van der Waals surface area contributed by atoms with E-state index in [2.05, 4.69) is 41.8 Å². The molecule has 1 aliphatic carbocycles. The van der Waals surface area contributed by atoms with Gasteiger partial charge in [0.15, 0.2) is 0 Å². The number of amides is 1. The van der Waals surface area contributed by atoms with E-state index in [-0.39, 0.29) is 11.9 Å². The van der Waals surface area contributed by atoms with E-state index in [4.69, 9.17) is 0 Å². The Kier molecular flexibility index (Phi) is 3.56. The van der Waals surface area contributed by atoms with Crippen LogP contribution in [0.2, 0.25) is 0 Å². The molecule has 1 heterocycles. The third kappa shape index (κ3) is 3.16. The summed E-state index contributed by atoms with van der Waals surface area (Å²) in [4.78, 5) is 12.2. The number of rotatable bonds is 4. The number of hydrogen-bond donors (Lipinski definition) is 2. The Morgan fingerprint density at radius 3 is 2.84 bits per heavy atom. The summed E-state index contributed by atoms with van der Waals surface area (Å²) in [7, 11) is 0. The largest absolute Gasteiger partial charge is 0.352 e. The Hall–Kier alpha value is -1.35. The number of benzene rings is 1. The van der Waals surface area contributed by atoms with Crippen LogP contribution in [0.25, 0.3) is 0 Å². The second-order valence-corrected chi connectivity index (χ2v) is 6.00. The first-order valence-corrected chi connectivity index (χ1v) is 7.33. The average Bonchev–Trinajstić information content (AvgIpc) is 3.21. The summed E-state index contributed by atoms with van der Waals surface area (Å²) in [6.07, 6.45) is 4.62. The van der Waals surface area contributed by atoms with E-state index in [1.54, 1.807) is 0 Å². The van der Waals surface area contributed by atoms with Crippen molar-refractivity contribution >= 4 is 5.91 Å². The lowest BCUT2D eigenvalue weighted by Crippen LogP contribution is -2.49. The van der Waals surface area contributed by atoms with Crippen molar-refractivity contribution in [1.82, 2.24) is 10.6 Å². The molecule has 19 heavy (non-hydrogen) atoms. The van der Waals surface area contributed by atoms with Crippen molar-refractivity contribution < 1.29 is 4.79 Å². The van der Waals surface area contributed by atoms with Gasteiger partial charge in [0.05, 0.1) is 6.04 Å². The van der Waals surface area contributed by atoms with Crippen LogP contribution in [0.15, 0.2) is 24.3 Å². The van der Waals surface area contributed by atoms with Crippen LogP contribution in [0.1, 0.15) is 37.3 Å². The minimum Gasteiger partial charge on any atom is -0.352 e. The van der Waals surface area contributed by atoms with Gasteiger partial charge in [-0.05, 0) is 36.8 Å². The predicted octanol–water partition coefficient (Wildman–Crippen LogP) is 2.01. The van der Waals surface area contributed by atoms with E-state index in [0.717, 1.165) is 25.3 Å². The van der Waals surface area contributed by atoms with Crippen LogP contribution in [0.4, 0.5) is 0 Å². The summed E-state index contributed by atoms with van der Waals surface area (Å²) in [6.45, 7) is 2.91. The van der Waals surface area contributed by atoms with Gasteiger partial charge in [-0.3, -0.25) is 4.79 Å². The second-order valence-electron chi connectivity index (χ2n) is 6.00. The molecule has 102 valence electrons. The monoisotopic (exact) mass is 258 g/mol. The Bertz CT molecular complexity index is 468. The Labute approximate surface area is 114 Å². The number of nitrogens with one attached hydrogen (secondary N) is 2. The molecule has 2 atom stereocenters. The highest BCUT2D eigenvalue weighted by Crippen LogP contribution is 2.33. The summed E-state index contributed by atoms with van der Waals surface area (Å²) in [5.74, 6) is 1.01. The fourth-order valence-corrected chi connectivity index (χ4v) is 2.90. The molecule has 0 unspecified atom stereocenters. The molecule has 1 aromatic carbocycles. The first kappa shape index (κ1) is 12.7. The fourth-order valence-electron chi connectivity index (χ4n) is 2.90. The molecule has 1 aromatic rings. The second kappa shape index (κ2) is 5.33. The van der Waals surface area contributed by atoms with Gasteiger partial charge in [-0.25, -0.2) is 0 Å². The molecule has 3 heteroatoms. The summed E-state index contributed by atoms with van der Waals surface area (Å²) in [6, 6.07) is 8.60. The van der Waals surface area contributed by atoms with Crippen molar-refractivity contribution in [3.05, 3.63) is 35.4 Å². The smallest absolute Gasteiger partial charge is 0.237 e. The lowest BCUT2D eigenvalue weighted by molar-refractivity contribution is -0.124. The van der Waals surface area contributed by atoms with E-state index in [1.807, 2.05) is 0 Å². The maximum atomic E-state index is 12.2. The van der Waals surface area contributed by atoms with E-state index < -0.39 is 0 Å². The molecule has 1 fully saturated rings. The van der Waals surface area contributed by atoms with Crippen LogP contribution in [-0.4, -0.2) is 18.0 Å². The molecule has 0 radical (unpaired) electrons. The van der Waals surface area contributed by atoms with Crippen molar-refractivity contribution in [2.45, 2.75) is 51.2 Å². The van der Waals surface area contributed by atoms with Gasteiger partial charge in [0, 0.05) is 12.6 Å². The molecule has 0 aromatic heterocycles. The van der Waals surface area contributed by atoms with Gasteiger partial charge in [-0.1, -0.05) is 37.1 Å². The van der Waals surface area contributed by atoms with Crippen molar-refractivity contribution in [3.63, 3.8) is 0 Å². The number of carbonyl (C=O) groups is 1. The Balaban J connectivity index is 1.56. The van der Waals surface area contributed by atoms with Gasteiger partial charge < -0.3 is 10.6 Å². The van der Waals surface area contributed by atoms with Crippen LogP contribution in [0.3, 0.4) is 0 Å². The lowest BCUT2D eigenvalue weighted by atomic mass is 9.95. The van der Waals surface area contributed by atoms with Crippen LogP contribution in [0, 0.1) is 5.92 Å². The molecule has 3 nitrogen and oxygen atoms in total. The molecule has 0 spiro atoms. The molecule has 0 saturated heterocycles. The maximum absolute atomic E-state index is 12.2. The van der Waals surface area contributed by atoms with Gasteiger partial charge in [0.1, 0.15) is 0 Å². The molecule has 3 rings (SSSR count). The molecule has 2 N–H and O–H groups in total. The Morgan fingerprint density at radius 1 is 1.37 bits per heavy atom. The first-order valence-electron chi connectivity index (χ1n) is 7.33. The van der Waals surface area contributed by atoms with Gasteiger partial charge in [0.2, 0.25) is 5.91 Å². The van der Waals surface area contributed by atoms with E-state index in [9.17, 15) is 4.79 Å². The zero-order valence-corrected chi connectivity index (χ0v) is 11.5. The summed E-state index contributed by atoms with van der Waals surface area (Å²) in [5, 5.41) is 6.49. The van der Waals surface area contributed by atoms with Crippen molar-refractivity contribution in [3.8, 4) is 0 Å². The topological polar surface area (TPSA) is 41.1 Å². The van der Waals surface area contributed by atoms with Gasteiger partial charge >= 0.3 is 0 Å². The van der Waals surface area contributed by atoms with Gasteiger partial charge in [-0.15, -0.1) is 0 Å². The lowest BCUT2D eigenvalue weighted by Gasteiger charge is -2.26. The van der Waals surface area contributed by atoms with E-state index in [0.29, 0.717) is 6.04 Å². The molecule has 0 bridgehead atoms. The molecule has 1 amide bonds. The predicted molar refractivity (Wildman–Crippen MR) is 75.7 cm³/mol. The minimum atomic E-state index is -0.0726. The van der Waals surface area contributed by atoms with Crippen LogP contribution >= 0.6 is 0 Å². The van der Waals surface area contributed by atoms with Crippen LogP contribution in [-0.2, 0) is 17.8 Å². The molecular weight excluding hydrogens is 236 g/mol. The number of hydrogen-bond acceptors (Lipinski definition) is 2. The normalized spacial score (nSPS) is 23.5. The number of carbonyl (C=O) groups excluding carboxylic acids is 1. The quantitative estimate of drug-likeness (QED) is 0.867. The van der Waals surface area contributed by atoms with Crippen LogP contribution in [0.5, 0.6) is 0 Å². The molecule has 1 saturated carbocycles. The number of fused-ring (bicyclic) bond motifs is 1. The third-order valence-electron chi connectivity index (χ3n) is 4.17. The highest BCUT2D eigenvalue weighted by atomic mass is 16.2. The summed E-state index contributed by atoms with van der Waals surface area (Å²) in [5.41, 5.74) is 2.62. The van der Waals surface area contributed by atoms with Crippen molar-refractivity contribution in [1.29, 1.82) is 0 Å². The highest BCUT2D eigenvalue weighted by molar-refractivity contribution is 5.82. The SMILES string of the molecule is C[C@@H](CC1CC1)NC(=O)[C@@H]1Cc2ccccc2CN1. The highest BCUT2D eigenvalue weighted by Gasteiger charge is 2.27. The van der Waals surface area contributed by atoms with Crippen molar-refractivity contribution in [2.75, 3.05) is 0 Å². The van der Waals surface area contributed by atoms with Crippen molar-refractivity contribution in [2.24, 2.45) is 5.92 Å². The zero-order chi connectivity index (χ0) is 13.2. The maximum Gasteiger partial charge on any atom is 0.237 e. The summed E-state index contributed by atoms with van der Waals surface area (Å²) >= 11 is 0. The van der Waals surface area contributed by atoms with Gasteiger partial charge in [-0.2, -0.15) is 0 Å². The van der Waals surface area contributed by atoms with Gasteiger partial charge in [0.25, 0.3) is 0 Å². The Morgan fingerprint density at radius 2 is 2.11 bits per heavy atom. The average molecular weight is 258 g/mol. The standard InChI is InChI=1S/C16H22N2O/c1-11(8-12-6-7-12)18-16(19)15-9-13-4-2-3-5-14(13)10-17-15/h2-5,11-12,15,17H,6-10H2,1H3,(H,18,19)/t11-,15-/m0/s1. The zero-order valence-electron chi connectivity index (χ0n) is 11.5. The van der Waals surface area contributed by atoms with Crippen LogP contribution < -0.4 is 10.6 Å². The fraction of sp³-hybridized carbons (Fsp3) is 0.562. The van der Waals surface area contributed by atoms with E-state index in [1.165, 1.54) is 24.0 Å². The first-order chi connectivity index (χ1) is 9.22. The minimum absolute atomic E-state index is 0.0726. The third-order valence-corrected chi connectivity index (χ3v) is 4.17. The molecular formula is C16H22N2O.